The summed E-state index contributed by atoms with van der Waals surface area (Å²) in [5.41, 5.74) is 1.96. The molecule has 2 nitrogen and oxygen atoms in total. The number of hydrogen-bond donors (Lipinski definition) is 0. The molecule has 0 aliphatic heterocycles. The van der Waals surface area contributed by atoms with E-state index in [9.17, 15) is 4.79 Å². The van der Waals surface area contributed by atoms with Crippen LogP contribution in [-0.4, -0.2) is 13.4 Å². The van der Waals surface area contributed by atoms with Crippen LogP contribution in [0.5, 0.6) is 5.75 Å². The summed E-state index contributed by atoms with van der Waals surface area (Å²) in [4.78, 5) is 10.7. The first-order valence-corrected chi connectivity index (χ1v) is 4.48. The van der Waals surface area contributed by atoms with Gasteiger partial charge >= 0.3 is 0 Å². The summed E-state index contributed by atoms with van der Waals surface area (Å²) in [5, 5.41) is 0. The Morgan fingerprint density at radius 1 is 1.46 bits per heavy atom. The molecule has 1 aromatic carbocycles. The lowest BCUT2D eigenvalue weighted by Gasteiger charge is -2.05. The van der Waals surface area contributed by atoms with E-state index in [-0.39, 0.29) is 0 Å². The second kappa shape index (κ2) is 3.21. The van der Waals surface area contributed by atoms with Crippen molar-refractivity contribution in [2.24, 2.45) is 0 Å². The number of carbonyl (C=O) groups excluding carboxylic acids is 1. The maximum Gasteiger partial charge on any atom is 0.150 e. The summed E-state index contributed by atoms with van der Waals surface area (Å²) in [6.45, 7) is 0. The van der Waals surface area contributed by atoms with Gasteiger partial charge in [-0.25, -0.2) is 0 Å². The summed E-state index contributed by atoms with van der Waals surface area (Å²) < 4.78 is 5.12. The van der Waals surface area contributed by atoms with Crippen molar-refractivity contribution < 1.29 is 9.53 Å². The SMILES string of the molecule is COc1ccc(C=O)c(C2CC2)c1. The van der Waals surface area contributed by atoms with E-state index >= 15 is 0 Å². The van der Waals surface area contributed by atoms with Gasteiger partial charge in [-0.05, 0) is 42.5 Å². The molecule has 0 atom stereocenters. The lowest BCUT2D eigenvalue weighted by molar-refractivity contribution is 0.112. The fourth-order valence-corrected chi connectivity index (χ4v) is 1.54. The Morgan fingerprint density at radius 2 is 2.23 bits per heavy atom. The number of methoxy groups -OCH3 is 1. The molecule has 1 aromatic rings. The number of ether oxygens (including phenoxy) is 1. The van der Waals surface area contributed by atoms with Crippen molar-refractivity contribution in [2.75, 3.05) is 7.11 Å². The maximum absolute atomic E-state index is 10.7. The number of benzene rings is 1. The monoisotopic (exact) mass is 176 g/mol. The molecular weight excluding hydrogens is 164 g/mol. The van der Waals surface area contributed by atoms with E-state index in [1.165, 1.54) is 12.8 Å². The Bertz CT molecular complexity index is 327. The predicted molar refractivity (Wildman–Crippen MR) is 50.4 cm³/mol. The van der Waals surface area contributed by atoms with E-state index in [1.807, 2.05) is 18.2 Å². The summed E-state index contributed by atoms with van der Waals surface area (Å²) in [7, 11) is 1.65. The van der Waals surface area contributed by atoms with Crippen molar-refractivity contribution in [2.45, 2.75) is 18.8 Å². The van der Waals surface area contributed by atoms with Crippen LogP contribution in [-0.2, 0) is 0 Å². The predicted octanol–water partition coefficient (Wildman–Crippen LogP) is 2.39. The Morgan fingerprint density at radius 3 is 2.77 bits per heavy atom. The first-order valence-electron chi connectivity index (χ1n) is 4.48. The zero-order valence-corrected chi connectivity index (χ0v) is 7.62. The van der Waals surface area contributed by atoms with Gasteiger partial charge in [0.2, 0.25) is 0 Å². The minimum absolute atomic E-state index is 0.593. The normalized spacial score (nSPS) is 15.5. The molecule has 1 saturated carbocycles. The molecule has 0 amide bonds. The zero-order chi connectivity index (χ0) is 9.26. The zero-order valence-electron chi connectivity index (χ0n) is 7.62. The Kier molecular flexibility index (Phi) is 2.05. The highest BCUT2D eigenvalue weighted by molar-refractivity contribution is 5.78. The highest BCUT2D eigenvalue weighted by Crippen LogP contribution is 2.42. The summed E-state index contributed by atoms with van der Waals surface area (Å²) in [6.07, 6.45) is 3.33. The third-order valence-electron chi connectivity index (χ3n) is 2.44. The molecule has 0 unspecified atom stereocenters. The maximum atomic E-state index is 10.7. The average molecular weight is 176 g/mol. The van der Waals surface area contributed by atoms with E-state index in [2.05, 4.69) is 0 Å². The topological polar surface area (TPSA) is 26.3 Å². The van der Waals surface area contributed by atoms with E-state index in [1.54, 1.807) is 7.11 Å². The molecule has 0 aromatic heterocycles. The van der Waals surface area contributed by atoms with Gasteiger partial charge in [-0.2, -0.15) is 0 Å². The molecule has 0 saturated heterocycles. The largest absolute Gasteiger partial charge is 0.497 e. The quantitative estimate of drug-likeness (QED) is 0.661. The molecule has 2 rings (SSSR count). The second-order valence-electron chi connectivity index (χ2n) is 3.39. The van der Waals surface area contributed by atoms with Gasteiger partial charge in [-0.3, -0.25) is 4.79 Å². The number of rotatable bonds is 3. The van der Waals surface area contributed by atoms with E-state index in [4.69, 9.17) is 4.74 Å². The van der Waals surface area contributed by atoms with Crippen molar-refractivity contribution >= 4 is 6.29 Å². The van der Waals surface area contributed by atoms with Gasteiger partial charge in [0.25, 0.3) is 0 Å². The van der Waals surface area contributed by atoms with Crippen molar-refractivity contribution in [1.82, 2.24) is 0 Å². The molecule has 68 valence electrons. The van der Waals surface area contributed by atoms with Crippen LogP contribution in [0.3, 0.4) is 0 Å². The fourth-order valence-electron chi connectivity index (χ4n) is 1.54. The van der Waals surface area contributed by atoms with Crippen molar-refractivity contribution in [3.8, 4) is 5.75 Å². The van der Waals surface area contributed by atoms with Gasteiger partial charge in [0.1, 0.15) is 12.0 Å². The third-order valence-corrected chi connectivity index (χ3v) is 2.44. The first kappa shape index (κ1) is 8.30. The average Bonchev–Trinajstić information content (AvgIpc) is 3.00. The molecule has 0 N–H and O–H groups in total. The summed E-state index contributed by atoms with van der Waals surface area (Å²) in [5.74, 6) is 1.43. The molecule has 0 heterocycles. The molecule has 0 radical (unpaired) electrons. The Balaban J connectivity index is 2.41. The van der Waals surface area contributed by atoms with Crippen LogP contribution in [0.15, 0.2) is 18.2 Å². The second-order valence-corrected chi connectivity index (χ2v) is 3.39. The molecule has 2 heteroatoms. The van der Waals surface area contributed by atoms with Gasteiger partial charge in [0.05, 0.1) is 7.11 Å². The minimum Gasteiger partial charge on any atom is -0.497 e. The Hall–Kier alpha value is -1.31. The summed E-state index contributed by atoms with van der Waals surface area (Å²) in [6, 6.07) is 5.64. The molecule has 1 fully saturated rings. The number of aldehydes is 1. The van der Waals surface area contributed by atoms with Crippen molar-refractivity contribution in [3.05, 3.63) is 29.3 Å². The minimum atomic E-state index is 0.593. The molecule has 0 spiro atoms. The van der Waals surface area contributed by atoms with Crippen molar-refractivity contribution in [1.29, 1.82) is 0 Å². The third kappa shape index (κ3) is 1.57. The van der Waals surface area contributed by atoms with Crippen LogP contribution in [0.2, 0.25) is 0 Å². The van der Waals surface area contributed by atoms with Crippen LogP contribution >= 0.6 is 0 Å². The van der Waals surface area contributed by atoms with Gasteiger partial charge < -0.3 is 4.74 Å². The van der Waals surface area contributed by atoms with Crippen LogP contribution in [0.25, 0.3) is 0 Å². The van der Waals surface area contributed by atoms with Crippen molar-refractivity contribution in [3.63, 3.8) is 0 Å². The molecule has 13 heavy (non-hydrogen) atoms. The molecule has 1 aliphatic rings. The van der Waals surface area contributed by atoms with Gasteiger partial charge in [0.15, 0.2) is 0 Å². The number of carbonyl (C=O) groups is 1. The highest BCUT2D eigenvalue weighted by Gasteiger charge is 2.26. The van der Waals surface area contributed by atoms with Crippen LogP contribution in [0, 0.1) is 0 Å². The molecule has 1 aliphatic carbocycles. The van der Waals surface area contributed by atoms with E-state index in [0.29, 0.717) is 5.92 Å². The fraction of sp³-hybridized carbons (Fsp3) is 0.364. The standard InChI is InChI=1S/C11H12O2/c1-13-10-5-4-9(7-12)11(6-10)8-2-3-8/h4-8H,2-3H2,1H3. The Labute approximate surface area is 77.5 Å². The van der Waals surface area contributed by atoms with Gasteiger partial charge in [-0.1, -0.05) is 0 Å². The smallest absolute Gasteiger partial charge is 0.150 e. The first-order chi connectivity index (χ1) is 6.35. The van der Waals surface area contributed by atoms with Crippen LogP contribution in [0.1, 0.15) is 34.7 Å². The molecular formula is C11H12O2. The summed E-state index contributed by atoms with van der Waals surface area (Å²) >= 11 is 0. The van der Waals surface area contributed by atoms with E-state index in [0.717, 1.165) is 23.2 Å². The molecule has 0 bridgehead atoms. The lowest BCUT2D eigenvalue weighted by Crippen LogP contribution is -1.92. The van der Waals surface area contributed by atoms with E-state index < -0.39 is 0 Å². The van der Waals surface area contributed by atoms with Crippen LogP contribution < -0.4 is 4.74 Å². The number of hydrogen-bond acceptors (Lipinski definition) is 2. The van der Waals surface area contributed by atoms with Gasteiger partial charge in [0, 0.05) is 5.56 Å². The van der Waals surface area contributed by atoms with Crippen LogP contribution in [0.4, 0.5) is 0 Å². The lowest BCUT2D eigenvalue weighted by atomic mass is 10.0. The highest BCUT2D eigenvalue weighted by atomic mass is 16.5. The van der Waals surface area contributed by atoms with Gasteiger partial charge in [-0.15, -0.1) is 0 Å².